The number of aryl methyl sites for hydroxylation is 1. The quantitative estimate of drug-likeness (QED) is 0.247. The lowest BCUT2D eigenvalue weighted by Gasteiger charge is -2.24. The van der Waals surface area contributed by atoms with Crippen molar-refractivity contribution in [3.63, 3.8) is 0 Å². The van der Waals surface area contributed by atoms with Crippen LogP contribution in [0.5, 0.6) is 5.75 Å². The van der Waals surface area contributed by atoms with Gasteiger partial charge in [0.1, 0.15) is 12.4 Å². The second-order valence-corrected chi connectivity index (χ2v) is 11.1. The molecule has 1 aliphatic heterocycles. The van der Waals surface area contributed by atoms with Crippen LogP contribution >= 0.6 is 34.5 Å². The summed E-state index contributed by atoms with van der Waals surface area (Å²) in [6.07, 6.45) is 1.81. The Morgan fingerprint density at radius 3 is 2.55 bits per heavy atom. The van der Waals surface area contributed by atoms with E-state index in [4.69, 9.17) is 32.7 Å². The van der Waals surface area contributed by atoms with E-state index in [0.717, 1.165) is 22.3 Å². The summed E-state index contributed by atoms with van der Waals surface area (Å²) < 4.78 is 13.4. The summed E-state index contributed by atoms with van der Waals surface area (Å²) in [4.78, 5) is 32.0. The zero-order chi connectivity index (χ0) is 28.4. The number of hydrogen-bond donors (Lipinski definition) is 0. The number of fused-ring (bicyclic) bond motifs is 1. The van der Waals surface area contributed by atoms with Gasteiger partial charge in [-0.05, 0) is 67.8 Å². The fourth-order valence-corrected chi connectivity index (χ4v) is 5.86. The summed E-state index contributed by atoms with van der Waals surface area (Å²) in [6, 6.07) is 20.0. The van der Waals surface area contributed by atoms with E-state index in [-0.39, 0.29) is 12.2 Å². The second-order valence-electron chi connectivity index (χ2n) is 9.32. The van der Waals surface area contributed by atoms with Crippen molar-refractivity contribution in [1.82, 2.24) is 4.57 Å². The van der Waals surface area contributed by atoms with Gasteiger partial charge < -0.3 is 9.47 Å². The van der Waals surface area contributed by atoms with Crippen LogP contribution in [0.25, 0.3) is 6.08 Å². The van der Waals surface area contributed by atoms with Crippen LogP contribution in [0.15, 0.2) is 87.8 Å². The van der Waals surface area contributed by atoms with Crippen molar-refractivity contribution in [3.05, 3.63) is 130 Å². The number of aromatic nitrogens is 1. The lowest BCUT2D eigenvalue weighted by Crippen LogP contribution is -2.39. The number of carbonyl (C=O) groups excluding carboxylic acids is 1. The van der Waals surface area contributed by atoms with Crippen LogP contribution in [0, 0.1) is 6.92 Å². The Kier molecular flexibility index (Phi) is 8.26. The summed E-state index contributed by atoms with van der Waals surface area (Å²) in [5.74, 6) is 0.168. The van der Waals surface area contributed by atoms with Gasteiger partial charge in [0, 0.05) is 0 Å². The molecule has 1 aliphatic rings. The first-order chi connectivity index (χ1) is 19.2. The number of nitrogens with zero attached hydrogens (tertiary/aromatic N) is 2. The van der Waals surface area contributed by atoms with Crippen molar-refractivity contribution in [2.75, 3.05) is 6.61 Å². The van der Waals surface area contributed by atoms with Crippen molar-refractivity contribution in [3.8, 4) is 5.75 Å². The summed E-state index contributed by atoms with van der Waals surface area (Å²) in [5.41, 5.74) is 4.24. The molecule has 0 saturated heterocycles. The Labute approximate surface area is 245 Å². The Hall–Kier alpha value is -3.65. The van der Waals surface area contributed by atoms with E-state index < -0.39 is 12.0 Å². The third kappa shape index (κ3) is 5.77. The number of carbonyl (C=O) groups is 1. The number of allylic oxidation sites excluding steroid dienone is 1. The first kappa shape index (κ1) is 27.9. The molecule has 0 unspecified atom stereocenters. The van der Waals surface area contributed by atoms with Crippen LogP contribution in [0.3, 0.4) is 0 Å². The summed E-state index contributed by atoms with van der Waals surface area (Å²) in [6.45, 7) is 6.07. The zero-order valence-corrected chi connectivity index (χ0v) is 24.4. The number of hydrogen-bond acceptors (Lipinski definition) is 6. The molecule has 0 saturated carbocycles. The van der Waals surface area contributed by atoms with Crippen LogP contribution in [0.4, 0.5) is 0 Å². The lowest BCUT2D eigenvalue weighted by atomic mass is 9.95. The van der Waals surface area contributed by atoms with Gasteiger partial charge in [0.2, 0.25) is 0 Å². The van der Waals surface area contributed by atoms with Crippen molar-refractivity contribution in [2.24, 2.45) is 4.99 Å². The maximum absolute atomic E-state index is 13.8. The molecule has 0 fully saturated rings. The molecule has 4 aromatic rings. The van der Waals surface area contributed by atoms with Gasteiger partial charge in [0.15, 0.2) is 4.80 Å². The highest BCUT2D eigenvalue weighted by molar-refractivity contribution is 7.07. The molecule has 204 valence electrons. The van der Waals surface area contributed by atoms with Gasteiger partial charge in [-0.25, -0.2) is 9.79 Å². The minimum atomic E-state index is -0.640. The van der Waals surface area contributed by atoms with Crippen LogP contribution in [0.2, 0.25) is 10.0 Å². The van der Waals surface area contributed by atoms with Crippen LogP contribution in [0.1, 0.15) is 42.1 Å². The van der Waals surface area contributed by atoms with E-state index in [1.807, 2.05) is 67.6 Å². The van der Waals surface area contributed by atoms with Crippen LogP contribution in [-0.2, 0) is 16.1 Å². The fourth-order valence-electron chi connectivity index (χ4n) is 4.50. The number of ether oxygens (including phenoxy) is 2. The molecule has 0 amide bonds. The van der Waals surface area contributed by atoms with Crippen LogP contribution < -0.4 is 19.6 Å². The first-order valence-corrected chi connectivity index (χ1v) is 14.3. The molecule has 0 bridgehead atoms. The standard InChI is InChI=1S/C31H26Cl2N2O4S/c1-4-38-30(37)27-19(3)34-31-35(28(27)22-11-8-18(2)9-12-22)29(36)26(40-31)16-20-6-5-7-23(14-20)39-17-21-10-13-24(32)25(33)15-21/h5-16,28H,4,17H2,1-3H3/b26-16+/t28-/m0/s1. The highest BCUT2D eigenvalue weighted by atomic mass is 35.5. The normalized spacial score (nSPS) is 15.0. The SMILES string of the molecule is CCOC(=O)C1=C(C)N=c2s/c(=C/c3cccc(OCc4ccc(Cl)c(Cl)c4)c3)c(=O)n2[C@H]1c1ccc(C)cc1. The summed E-state index contributed by atoms with van der Waals surface area (Å²) in [7, 11) is 0. The molecule has 40 heavy (non-hydrogen) atoms. The van der Waals surface area contributed by atoms with E-state index >= 15 is 0 Å². The second kappa shape index (κ2) is 11.8. The van der Waals surface area contributed by atoms with Crippen molar-refractivity contribution < 1.29 is 14.3 Å². The molecular weight excluding hydrogens is 567 g/mol. The topological polar surface area (TPSA) is 69.9 Å². The summed E-state index contributed by atoms with van der Waals surface area (Å²) >= 11 is 13.4. The van der Waals surface area contributed by atoms with Crippen molar-refractivity contribution >= 4 is 46.6 Å². The molecule has 1 atom stereocenters. The predicted octanol–water partition coefficient (Wildman–Crippen LogP) is 5.99. The van der Waals surface area contributed by atoms with Crippen molar-refractivity contribution in [2.45, 2.75) is 33.4 Å². The first-order valence-electron chi connectivity index (χ1n) is 12.7. The zero-order valence-electron chi connectivity index (χ0n) is 22.1. The van der Waals surface area contributed by atoms with Gasteiger partial charge in [0.05, 0.1) is 38.5 Å². The average Bonchev–Trinajstić information content (AvgIpc) is 3.23. The smallest absolute Gasteiger partial charge is 0.338 e. The fraction of sp³-hybridized carbons (Fsp3) is 0.194. The molecule has 0 spiro atoms. The van der Waals surface area contributed by atoms with Gasteiger partial charge >= 0.3 is 5.97 Å². The third-order valence-corrected chi connectivity index (χ3v) is 8.18. The highest BCUT2D eigenvalue weighted by Gasteiger charge is 2.33. The molecular formula is C31H26Cl2N2O4S. The summed E-state index contributed by atoms with van der Waals surface area (Å²) in [5, 5.41) is 0.959. The third-order valence-electron chi connectivity index (χ3n) is 6.46. The molecule has 3 aromatic carbocycles. The maximum atomic E-state index is 13.8. The molecule has 0 N–H and O–H groups in total. The highest BCUT2D eigenvalue weighted by Crippen LogP contribution is 2.31. The van der Waals surface area contributed by atoms with Gasteiger partial charge in [-0.2, -0.15) is 0 Å². The van der Waals surface area contributed by atoms with Gasteiger partial charge in [0.25, 0.3) is 5.56 Å². The predicted molar refractivity (Wildman–Crippen MR) is 159 cm³/mol. The Bertz CT molecular complexity index is 1810. The number of rotatable bonds is 7. The minimum absolute atomic E-state index is 0.226. The molecule has 1 aromatic heterocycles. The van der Waals surface area contributed by atoms with E-state index in [1.54, 1.807) is 30.5 Å². The van der Waals surface area contributed by atoms with Gasteiger partial charge in [-0.1, -0.05) is 82.6 Å². The number of halogens is 2. The van der Waals surface area contributed by atoms with E-state index in [2.05, 4.69) is 4.99 Å². The Morgan fingerprint density at radius 2 is 1.82 bits per heavy atom. The van der Waals surface area contributed by atoms with Crippen LogP contribution in [-0.4, -0.2) is 17.1 Å². The van der Waals surface area contributed by atoms with Crippen molar-refractivity contribution in [1.29, 1.82) is 0 Å². The monoisotopic (exact) mass is 592 g/mol. The number of benzene rings is 3. The van der Waals surface area contributed by atoms with E-state index in [0.29, 0.717) is 43.0 Å². The molecule has 2 heterocycles. The van der Waals surface area contributed by atoms with Gasteiger partial charge in [-0.3, -0.25) is 9.36 Å². The van der Waals surface area contributed by atoms with E-state index in [9.17, 15) is 9.59 Å². The largest absolute Gasteiger partial charge is 0.489 e. The molecule has 0 radical (unpaired) electrons. The molecule has 6 nitrogen and oxygen atoms in total. The average molecular weight is 594 g/mol. The molecule has 5 rings (SSSR count). The van der Waals surface area contributed by atoms with E-state index in [1.165, 1.54) is 11.3 Å². The number of thiazole rings is 1. The molecule has 9 heteroatoms. The Balaban J connectivity index is 1.52. The lowest BCUT2D eigenvalue weighted by molar-refractivity contribution is -0.139. The van der Waals surface area contributed by atoms with Gasteiger partial charge in [-0.15, -0.1) is 0 Å². The number of esters is 1. The maximum Gasteiger partial charge on any atom is 0.338 e. The Morgan fingerprint density at radius 1 is 1.05 bits per heavy atom. The minimum Gasteiger partial charge on any atom is -0.489 e. The molecule has 0 aliphatic carbocycles.